The van der Waals surface area contributed by atoms with Gasteiger partial charge in [-0.05, 0) is 66.6 Å². The molecule has 1 aromatic carbocycles. The number of halogens is 2. The van der Waals surface area contributed by atoms with E-state index in [9.17, 15) is 4.79 Å². The fourth-order valence-electron chi connectivity index (χ4n) is 2.41. The molecule has 0 saturated carbocycles. The molecule has 2 atom stereocenters. The quantitative estimate of drug-likeness (QED) is 0.745. The lowest BCUT2D eigenvalue weighted by molar-refractivity contribution is 0.0742. The predicted molar refractivity (Wildman–Crippen MR) is 84.5 cm³/mol. The van der Waals surface area contributed by atoms with Crippen LogP contribution in [0.3, 0.4) is 0 Å². The molecule has 1 aliphatic heterocycles. The van der Waals surface area contributed by atoms with Crippen molar-refractivity contribution in [3.05, 3.63) is 31.8 Å². The third kappa shape index (κ3) is 2.88. The molecule has 0 bridgehead atoms. The zero-order chi connectivity index (χ0) is 13.3. The van der Waals surface area contributed by atoms with Gasteiger partial charge >= 0.3 is 0 Å². The number of carbonyl (C=O) groups is 1. The van der Waals surface area contributed by atoms with Crippen LogP contribution >= 0.6 is 38.5 Å². The van der Waals surface area contributed by atoms with Crippen molar-refractivity contribution in [1.29, 1.82) is 0 Å². The predicted octanol–water partition coefficient (Wildman–Crippen LogP) is 2.86. The second-order valence-electron chi connectivity index (χ2n) is 4.77. The first kappa shape index (κ1) is 14.3. The standard InChI is InChI=1S/C13H16BrIN2O/c1-8-4-9(6-16)7-17(8)13(18)11-5-10(14)2-3-12(11)15/h2-3,5,8-9H,4,6-7,16H2,1H3. The monoisotopic (exact) mass is 422 g/mol. The molecule has 1 aliphatic rings. The van der Waals surface area contributed by atoms with E-state index in [1.807, 2.05) is 23.1 Å². The van der Waals surface area contributed by atoms with E-state index in [0.717, 1.165) is 26.6 Å². The van der Waals surface area contributed by atoms with Crippen LogP contribution in [0.15, 0.2) is 22.7 Å². The lowest BCUT2D eigenvalue weighted by Gasteiger charge is -2.22. The van der Waals surface area contributed by atoms with E-state index in [1.165, 1.54) is 0 Å². The molecule has 1 heterocycles. The molecule has 1 saturated heterocycles. The normalized spacial score (nSPS) is 23.4. The molecule has 2 unspecified atom stereocenters. The van der Waals surface area contributed by atoms with Crippen LogP contribution in [0.2, 0.25) is 0 Å². The van der Waals surface area contributed by atoms with Crippen LogP contribution in [0.5, 0.6) is 0 Å². The van der Waals surface area contributed by atoms with E-state index >= 15 is 0 Å². The molecule has 1 fully saturated rings. The summed E-state index contributed by atoms with van der Waals surface area (Å²) in [6.07, 6.45) is 1.01. The van der Waals surface area contributed by atoms with Crippen LogP contribution in [-0.2, 0) is 0 Å². The van der Waals surface area contributed by atoms with Crippen molar-refractivity contribution in [2.75, 3.05) is 13.1 Å². The molecule has 2 N–H and O–H groups in total. The molecule has 0 radical (unpaired) electrons. The second kappa shape index (κ2) is 5.88. The van der Waals surface area contributed by atoms with Crippen LogP contribution < -0.4 is 5.73 Å². The summed E-state index contributed by atoms with van der Waals surface area (Å²) in [5.74, 6) is 0.554. The summed E-state index contributed by atoms with van der Waals surface area (Å²) in [4.78, 5) is 14.5. The molecular formula is C13H16BrIN2O. The van der Waals surface area contributed by atoms with E-state index in [0.29, 0.717) is 12.5 Å². The Bertz CT molecular complexity index is 466. The number of likely N-dealkylation sites (tertiary alicyclic amines) is 1. The molecule has 3 nitrogen and oxygen atoms in total. The first-order valence-corrected chi connectivity index (χ1v) is 7.86. The van der Waals surface area contributed by atoms with Gasteiger partial charge in [0.15, 0.2) is 0 Å². The molecule has 0 spiro atoms. The number of amides is 1. The van der Waals surface area contributed by atoms with Gasteiger partial charge in [-0.25, -0.2) is 0 Å². The SMILES string of the molecule is CC1CC(CN)CN1C(=O)c1cc(Br)ccc1I. The second-order valence-corrected chi connectivity index (χ2v) is 6.85. The van der Waals surface area contributed by atoms with E-state index < -0.39 is 0 Å². The Kier molecular flexibility index (Phi) is 4.66. The maximum Gasteiger partial charge on any atom is 0.255 e. The fraction of sp³-hybridized carbons (Fsp3) is 0.462. The number of rotatable bonds is 2. The van der Waals surface area contributed by atoms with Crippen molar-refractivity contribution >= 4 is 44.4 Å². The van der Waals surface area contributed by atoms with Gasteiger partial charge < -0.3 is 10.6 Å². The highest BCUT2D eigenvalue weighted by Gasteiger charge is 2.32. The Morgan fingerprint density at radius 2 is 2.33 bits per heavy atom. The molecule has 98 valence electrons. The van der Waals surface area contributed by atoms with E-state index in [-0.39, 0.29) is 11.9 Å². The summed E-state index contributed by atoms with van der Waals surface area (Å²) >= 11 is 5.63. The van der Waals surface area contributed by atoms with Gasteiger partial charge in [0.2, 0.25) is 0 Å². The van der Waals surface area contributed by atoms with Gasteiger partial charge in [0, 0.05) is 20.6 Å². The number of hydrogen-bond acceptors (Lipinski definition) is 2. The van der Waals surface area contributed by atoms with Crippen LogP contribution in [0.25, 0.3) is 0 Å². The van der Waals surface area contributed by atoms with E-state index in [1.54, 1.807) is 0 Å². The van der Waals surface area contributed by atoms with Crippen LogP contribution in [0, 0.1) is 9.49 Å². The highest BCUT2D eigenvalue weighted by Crippen LogP contribution is 2.26. The molecule has 2 rings (SSSR count). The van der Waals surface area contributed by atoms with Gasteiger partial charge in [-0.3, -0.25) is 4.79 Å². The fourth-order valence-corrected chi connectivity index (χ4v) is 3.34. The topological polar surface area (TPSA) is 46.3 Å². The van der Waals surface area contributed by atoms with Crippen molar-refractivity contribution < 1.29 is 4.79 Å². The molecule has 18 heavy (non-hydrogen) atoms. The van der Waals surface area contributed by atoms with E-state index in [4.69, 9.17) is 5.73 Å². The van der Waals surface area contributed by atoms with Crippen molar-refractivity contribution in [1.82, 2.24) is 4.90 Å². The Balaban J connectivity index is 2.24. The maximum absolute atomic E-state index is 12.6. The number of carbonyl (C=O) groups excluding carboxylic acids is 1. The van der Waals surface area contributed by atoms with Gasteiger partial charge in [-0.2, -0.15) is 0 Å². The minimum atomic E-state index is 0.115. The minimum absolute atomic E-state index is 0.115. The third-order valence-corrected chi connectivity index (χ3v) is 4.85. The maximum atomic E-state index is 12.6. The van der Waals surface area contributed by atoms with Crippen LogP contribution in [0.4, 0.5) is 0 Å². The summed E-state index contributed by atoms with van der Waals surface area (Å²) in [6, 6.07) is 6.08. The van der Waals surface area contributed by atoms with Gasteiger partial charge in [0.05, 0.1) is 5.56 Å². The van der Waals surface area contributed by atoms with Crippen molar-refractivity contribution in [3.63, 3.8) is 0 Å². The number of nitrogens with two attached hydrogens (primary N) is 1. The third-order valence-electron chi connectivity index (χ3n) is 3.41. The minimum Gasteiger partial charge on any atom is -0.336 e. The van der Waals surface area contributed by atoms with Gasteiger partial charge in [-0.1, -0.05) is 15.9 Å². The Morgan fingerprint density at radius 3 is 2.94 bits per heavy atom. The zero-order valence-corrected chi connectivity index (χ0v) is 13.9. The van der Waals surface area contributed by atoms with Gasteiger partial charge in [0.1, 0.15) is 0 Å². The highest BCUT2D eigenvalue weighted by atomic mass is 127. The molecule has 1 amide bonds. The van der Waals surface area contributed by atoms with Gasteiger partial charge in [0.25, 0.3) is 5.91 Å². The van der Waals surface area contributed by atoms with Gasteiger partial charge in [-0.15, -0.1) is 0 Å². The lowest BCUT2D eigenvalue weighted by atomic mass is 10.1. The zero-order valence-electron chi connectivity index (χ0n) is 10.2. The molecule has 0 aromatic heterocycles. The first-order chi connectivity index (χ1) is 8.52. The average molecular weight is 423 g/mol. The largest absolute Gasteiger partial charge is 0.336 e. The Morgan fingerprint density at radius 1 is 1.61 bits per heavy atom. The summed E-state index contributed by atoms with van der Waals surface area (Å²) in [6.45, 7) is 3.53. The molecule has 5 heteroatoms. The molecule has 1 aromatic rings. The number of hydrogen-bond donors (Lipinski definition) is 1. The summed E-state index contributed by atoms with van der Waals surface area (Å²) in [5.41, 5.74) is 6.48. The highest BCUT2D eigenvalue weighted by molar-refractivity contribution is 14.1. The van der Waals surface area contributed by atoms with Crippen LogP contribution in [-0.4, -0.2) is 29.9 Å². The lowest BCUT2D eigenvalue weighted by Crippen LogP contribution is -2.34. The first-order valence-electron chi connectivity index (χ1n) is 5.99. The molecule has 0 aliphatic carbocycles. The summed E-state index contributed by atoms with van der Waals surface area (Å²) in [5, 5.41) is 0. The van der Waals surface area contributed by atoms with Crippen molar-refractivity contribution in [2.45, 2.75) is 19.4 Å². The summed E-state index contributed by atoms with van der Waals surface area (Å²) in [7, 11) is 0. The van der Waals surface area contributed by atoms with Crippen molar-refractivity contribution in [3.8, 4) is 0 Å². The summed E-state index contributed by atoms with van der Waals surface area (Å²) < 4.78 is 1.93. The Labute approximate surface area is 129 Å². The number of benzene rings is 1. The smallest absolute Gasteiger partial charge is 0.255 e. The van der Waals surface area contributed by atoms with Crippen molar-refractivity contribution in [2.24, 2.45) is 11.7 Å². The number of nitrogens with zero attached hydrogens (tertiary/aromatic N) is 1. The molecular weight excluding hydrogens is 407 g/mol. The van der Waals surface area contributed by atoms with Crippen LogP contribution in [0.1, 0.15) is 23.7 Å². The van der Waals surface area contributed by atoms with E-state index in [2.05, 4.69) is 45.4 Å². The Hall–Kier alpha value is -0.140. The average Bonchev–Trinajstić information content (AvgIpc) is 2.73.